The van der Waals surface area contributed by atoms with Gasteiger partial charge in [0.1, 0.15) is 5.82 Å². The highest BCUT2D eigenvalue weighted by Crippen LogP contribution is 2.40. The quantitative estimate of drug-likeness (QED) is 0.693. The number of ether oxygens (including phenoxy) is 1. The summed E-state index contributed by atoms with van der Waals surface area (Å²) in [4.78, 5) is 28.6. The van der Waals surface area contributed by atoms with Crippen molar-refractivity contribution in [3.8, 4) is 16.9 Å². The first-order chi connectivity index (χ1) is 14.8. The van der Waals surface area contributed by atoms with E-state index in [9.17, 15) is 23.5 Å². The van der Waals surface area contributed by atoms with Crippen molar-refractivity contribution in [2.75, 3.05) is 7.11 Å². The van der Waals surface area contributed by atoms with Gasteiger partial charge in [-0.05, 0) is 47.5 Å². The normalized spacial score (nSPS) is 14.8. The zero-order valence-electron chi connectivity index (χ0n) is 16.7. The lowest BCUT2D eigenvalue weighted by molar-refractivity contribution is -0.137. The average molecular weight is 424 g/mol. The zero-order chi connectivity index (χ0) is 22.3. The number of nitrogens with zero attached hydrogens (tertiary/aromatic N) is 2. The summed E-state index contributed by atoms with van der Waals surface area (Å²) in [6, 6.07) is 8.73. The summed E-state index contributed by atoms with van der Waals surface area (Å²) in [6.45, 7) is 0. The van der Waals surface area contributed by atoms with Crippen LogP contribution < -0.4 is 10.3 Å². The Labute approximate surface area is 176 Å². The van der Waals surface area contributed by atoms with Crippen LogP contribution in [0, 0.1) is 11.6 Å². The number of hydrogen-bond acceptors (Lipinski definition) is 4. The number of aromatic nitrogens is 1. The summed E-state index contributed by atoms with van der Waals surface area (Å²) < 4.78 is 34.7. The maximum atomic E-state index is 14.7. The number of aliphatic carboxylic acids is 1. The summed E-state index contributed by atoms with van der Waals surface area (Å²) in [7, 11) is 2.89. The van der Waals surface area contributed by atoms with Gasteiger partial charge in [0.15, 0.2) is 11.6 Å². The predicted octanol–water partition coefficient (Wildman–Crippen LogP) is 3.71. The molecule has 0 aliphatic carbocycles. The summed E-state index contributed by atoms with van der Waals surface area (Å²) in [5.41, 5.74) is 2.32. The molecule has 0 amide bonds. The van der Waals surface area contributed by atoms with Gasteiger partial charge in [-0.3, -0.25) is 14.6 Å². The molecular formula is C23H18F2N2O4. The number of rotatable bonds is 4. The van der Waals surface area contributed by atoms with Crippen LogP contribution in [0.4, 0.5) is 8.78 Å². The van der Waals surface area contributed by atoms with Crippen molar-refractivity contribution in [3.05, 3.63) is 87.3 Å². The number of halogens is 2. The molecule has 0 bridgehead atoms. The number of methoxy groups -OCH3 is 1. The fourth-order valence-corrected chi connectivity index (χ4v) is 3.73. The molecule has 0 radical (unpaired) electrons. The molecule has 6 nitrogen and oxygen atoms in total. The summed E-state index contributed by atoms with van der Waals surface area (Å²) in [6.07, 6.45) is 1.17. The first-order valence-corrected chi connectivity index (χ1v) is 9.43. The number of aryl methyl sites for hydroxylation is 1. The van der Waals surface area contributed by atoms with Gasteiger partial charge in [-0.15, -0.1) is 0 Å². The van der Waals surface area contributed by atoms with Gasteiger partial charge in [0.25, 0.3) is 5.56 Å². The minimum atomic E-state index is -1.10. The average Bonchev–Trinajstić information content (AvgIpc) is 2.84. The van der Waals surface area contributed by atoms with E-state index in [2.05, 4.69) is 4.99 Å². The van der Waals surface area contributed by atoms with Crippen molar-refractivity contribution in [3.63, 3.8) is 0 Å². The highest BCUT2D eigenvalue weighted by atomic mass is 19.1. The lowest BCUT2D eigenvalue weighted by atomic mass is 9.91. The zero-order valence-corrected chi connectivity index (χ0v) is 16.7. The summed E-state index contributed by atoms with van der Waals surface area (Å²) in [5, 5.41) is 9.46. The van der Waals surface area contributed by atoms with Crippen molar-refractivity contribution in [2.24, 2.45) is 12.0 Å². The third kappa shape index (κ3) is 3.72. The van der Waals surface area contributed by atoms with Crippen LogP contribution in [0.3, 0.4) is 0 Å². The second-order valence-electron chi connectivity index (χ2n) is 7.22. The number of hydrogen-bond donors (Lipinski definition) is 1. The maximum absolute atomic E-state index is 14.7. The van der Waals surface area contributed by atoms with E-state index < -0.39 is 23.6 Å². The van der Waals surface area contributed by atoms with Crippen molar-refractivity contribution in [1.82, 2.24) is 4.57 Å². The van der Waals surface area contributed by atoms with Crippen molar-refractivity contribution in [1.29, 1.82) is 0 Å². The lowest BCUT2D eigenvalue weighted by Gasteiger charge is -2.15. The number of aliphatic imine (C=N–C) groups is 1. The lowest BCUT2D eigenvalue weighted by Crippen LogP contribution is -2.18. The molecule has 1 aromatic heterocycles. The molecular weight excluding hydrogens is 406 g/mol. The van der Waals surface area contributed by atoms with Gasteiger partial charge in [0.05, 0.1) is 25.3 Å². The highest BCUT2D eigenvalue weighted by Gasteiger charge is 2.29. The van der Waals surface area contributed by atoms with Gasteiger partial charge in [0.2, 0.25) is 0 Å². The Morgan fingerprint density at radius 1 is 1.13 bits per heavy atom. The predicted molar refractivity (Wildman–Crippen MR) is 111 cm³/mol. The Bertz CT molecular complexity index is 1280. The highest BCUT2D eigenvalue weighted by molar-refractivity contribution is 6.17. The van der Waals surface area contributed by atoms with E-state index in [1.807, 2.05) is 0 Å². The second-order valence-corrected chi connectivity index (χ2v) is 7.22. The molecule has 2 aromatic carbocycles. The van der Waals surface area contributed by atoms with E-state index in [0.29, 0.717) is 33.5 Å². The molecule has 0 spiro atoms. The molecule has 31 heavy (non-hydrogen) atoms. The third-order valence-corrected chi connectivity index (χ3v) is 5.23. The van der Waals surface area contributed by atoms with Crippen LogP contribution >= 0.6 is 0 Å². The van der Waals surface area contributed by atoms with E-state index in [0.717, 1.165) is 0 Å². The second kappa shape index (κ2) is 7.79. The Hall–Kier alpha value is -3.81. The van der Waals surface area contributed by atoms with E-state index in [4.69, 9.17) is 4.74 Å². The first kappa shape index (κ1) is 20.5. The first-order valence-electron chi connectivity index (χ1n) is 9.43. The molecule has 158 valence electrons. The molecule has 0 saturated carbocycles. The molecule has 3 aromatic rings. The number of carbonyl (C=O) groups is 1. The van der Waals surface area contributed by atoms with Gasteiger partial charge in [-0.1, -0.05) is 0 Å². The standard InChI is InChI=1S/C23H18F2N2O4/c1-27-11-17-14-7-18(25)20(31-2)8-16(14)23(12-3-5-13(24)6-4-12)26-19(10-22(29)30)15(17)9-21(27)28/h3-9,11,19H,10H2,1-2H3,(H,29,30)/t19-/m0/s1. The Kier molecular flexibility index (Phi) is 5.14. The van der Waals surface area contributed by atoms with Crippen LogP contribution in [-0.4, -0.2) is 28.5 Å². The Morgan fingerprint density at radius 2 is 1.84 bits per heavy atom. The number of fused-ring (bicyclic) bond motifs is 3. The molecule has 0 fully saturated rings. The molecule has 8 heteroatoms. The minimum absolute atomic E-state index is 0.0170. The van der Waals surface area contributed by atoms with Crippen LogP contribution in [0.1, 0.15) is 29.2 Å². The van der Waals surface area contributed by atoms with Crippen molar-refractivity contribution in [2.45, 2.75) is 12.5 Å². The molecule has 1 atom stereocenters. The van der Waals surface area contributed by atoms with Crippen LogP contribution in [0.2, 0.25) is 0 Å². The smallest absolute Gasteiger partial charge is 0.305 e. The van der Waals surface area contributed by atoms with Gasteiger partial charge in [0, 0.05) is 36.0 Å². The van der Waals surface area contributed by atoms with Crippen LogP contribution in [0.15, 0.2) is 58.4 Å². The molecule has 0 saturated heterocycles. The van der Waals surface area contributed by atoms with E-state index in [1.165, 1.54) is 54.1 Å². The van der Waals surface area contributed by atoms with Gasteiger partial charge in [-0.25, -0.2) is 8.78 Å². The Morgan fingerprint density at radius 3 is 2.48 bits per heavy atom. The fraction of sp³-hybridized carbons (Fsp3) is 0.174. The van der Waals surface area contributed by atoms with Gasteiger partial charge >= 0.3 is 5.97 Å². The SMILES string of the molecule is COc1cc2c(cc1F)-c1cn(C)c(=O)cc1[C@H](CC(=O)O)N=C2c1ccc(F)cc1. The minimum Gasteiger partial charge on any atom is -0.494 e. The summed E-state index contributed by atoms with van der Waals surface area (Å²) >= 11 is 0. The van der Waals surface area contributed by atoms with Gasteiger partial charge in [-0.2, -0.15) is 0 Å². The maximum Gasteiger partial charge on any atom is 0.305 e. The Balaban J connectivity index is 2.10. The third-order valence-electron chi connectivity index (χ3n) is 5.23. The topological polar surface area (TPSA) is 80.9 Å². The molecule has 1 aliphatic heterocycles. The number of carboxylic acids is 1. The molecule has 2 heterocycles. The number of pyridine rings is 1. The monoisotopic (exact) mass is 424 g/mol. The van der Waals surface area contributed by atoms with Crippen LogP contribution in [0.25, 0.3) is 11.1 Å². The molecule has 0 unspecified atom stereocenters. The van der Waals surface area contributed by atoms with Crippen molar-refractivity contribution >= 4 is 11.7 Å². The van der Waals surface area contributed by atoms with E-state index >= 15 is 0 Å². The van der Waals surface area contributed by atoms with E-state index in [1.54, 1.807) is 13.2 Å². The molecule has 4 rings (SSSR count). The van der Waals surface area contributed by atoms with E-state index in [-0.39, 0.29) is 17.7 Å². The summed E-state index contributed by atoms with van der Waals surface area (Å²) in [5.74, 6) is -2.18. The fourth-order valence-electron chi connectivity index (χ4n) is 3.73. The molecule has 1 aliphatic rings. The van der Waals surface area contributed by atoms with Gasteiger partial charge < -0.3 is 14.4 Å². The largest absolute Gasteiger partial charge is 0.494 e. The number of carboxylic acid groups (broad SMARTS) is 1. The van der Waals surface area contributed by atoms with Crippen LogP contribution in [-0.2, 0) is 11.8 Å². The molecule has 1 N–H and O–H groups in total. The number of benzene rings is 2. The van der Waals surface area contributed by atoms with Crippen LogP contribution in [0.5, 0.6) is 5.75 Å². The van der Waals surface area contributed by atoms with Crippen molar-refractivity contribution < 1.29 is 23.4 Å².